The first-order chi connectivity index (χ1) is 16.0. The third-order valence-electron chi connectivity index (χ3n) is 6.00. The van der Waals surface area contributed by atoms with Crippen molar-refractivity contribution < 1.29 is 9.59 Å². The Labute approximate surface area is 196 Å². The number of Topliss-reactive ketones (excluding diaryl/α,β-unsaturated/α-hetero) is 1. The van der Waals surface area contributed by atoms with Gasteiger partial charge in [-0.1, -0.05) is 23.7 Å². The predicted molar refractivity (Wildman–Crippen MR) is 132 cm³/mol. The lowest BCUT2D eigenvalue weighted by Crippen LogP contribution is -2.38. The number of nitrogens with one attached hydrogen (secondary N) is 1. The van der Waals surface area contributed by atoms with Gasteiger partial charge in [0.25, 0.3) is 0 Å². The van der Waals surface area contributed by atoms with E-state index >= 15 is 0 Å². The number of carbonyl (C=O) groups excluding carboxylic acids is 2. The van der Waals surface area contributed by atoms with Gasteiger partial charge in [-0.05, 0) is 55.8 Å². The van der Waals surface area contributed by atoms with Crippen LogP contribution in [0.1, 0.15) is 23.7 Å². The number of fused-ring (bicyclic) bond motifs is 3. The molecule has 2 amide bonds. The minimum Gasteiger partial charge on any atom is -0.353 e. The Kier molecular flexibility index (Phi) is 5.64. The van der Waals surface area contributed by atoms with Crippen LogP contribution in [0.5, 0.6) is 0 Å². The second kappa shape index (κ2) is 8.75. The monoisotopic (exact) mass is 461 g/mol. The largest absolute Gasteiger partial charge is 0.353 e. The van der Waals surface area contributed by atoms with E-state index in [1.165, 1.54) is 6.92 Å². The van der Waals surface area contributed by atoms with Crippen molar-refractivity contribution in [1.82, 2.24) is 14.3 Å². The first kappa shape index (κ1) is 21.3. The zero-order valence-electron chi connectivity index (χ0n) is 18.3. The summed E-state index contributed by atoms with van der Waals surface area (Å²) in [5.74, 6) is 0.864. The topological polar surface area (TPSA) is 70.0 Å². The van der Waals surface area contributed by atoms with Crippen molar-refractivity contribution in [3.05, 3.63) is 71.4 Å². The molecule has 7 nitrogen and oxygen atoms in total. The molecule has 2 aromatic heterocycles. The summed E-state index contributed by atoms with van der Waals surface area (Å²) in [6.45, 7) is 4.19. The van der Waals surface area contributed by atoms with Gasteiger partial charge in [0.05, 0.1) is 16.6 Å². The molecular formula is C25H24ClN5O2. The van der Waals surface area contributed by atoms with Crippen molar-refractivity contribution in [2.45, 2.75) is 13.3 Å². The van der Waals surface area contributed by atoms with Crippen LogP contribution in [0.2, 0.25) is 5.02 Å². The van der Waals surface area contributed by atoms with Gasteiger partial charge in [0.15, 0.2) is 11.6 Å². The Hall–Kier alpha value is -3.58. The van der Waals surface area contributed by atoms with Crippen molar-refractivity contribution in [3.63, 3.8) is 0 Å². The fourth-order valence-electron chi connectivity index (χ4n) is 4.32. The van der Waals surface area contributed by atoms with Gasteiger partial charge < -0.3 is 19.5 Å². The van der Waals surface area contributed by atoms with Gasteiger partial charge in [0.1, 0.15) is 0 Å². The fraction of sp³-hybridized carbons (Fsp3) is 0.240. The summed E-state index contributed by atoms with van der Waals surface area (Å²) in [6, 6.07) is 16.7. The summed E-state index contributed by atoms with van der Waals surface area (Å²) in [7, 11) is 0. The highest BCUT2D eigenvalue weighted by atomic mass is 35.5. The van der Waals surface area contributed by atoms with Gasteiger partial charge in [-0.2, -0.15) is 0 Å². The van der Waals surface area contributed by atoms with Crippen molar-refractivity contribution >= 4 is 51.5 Å². The van der Waals surface area contributed by atoms with E-state index in [2.05, 4.69) is 20.7 Å². The lowest BCUT2D eigenvalue weighted by molar-refractivity contribution is 0.101. The lowest BCUT2D eigenvalue weighted by atomic mass is 10.1. The van der Waals surface area contributed by atoms with E-state index in [1.807, 2.05) is 35.4 Å². The molecule has 1 saturated heterocycles. The zero-order chi connectivity index (χ0) is 22.9. The number of ketones is 1. The number of anilines is 2. The predicted octanol–water partition coefficient (Wildman–Crippen LogP) is 5.09. The molecule has 0 radical (unpaired) electrons. The van der Waals surface area contributed by atoms with Crippen LogP contribution >= 0.6 is 11.6 Å². The standard InChI is InChI=1S/C25H24ClN5O2/c1-17(32)18-5-2-6-20(15-18)27-25(33)30-11-4-10-29(13-14-30)24-23-7-3-12-31(23)22-9-8-19(26)16-21(22)28-24/h2-3,5-9,12,15-16H,4,10-11,13-14H2,1H3,(H,27,33). The van der Waals surface area contributed by atoms with Gasteiger partial charge in [-0.25, -0.2) is 9.78 Å². The number of nitrogens with zero attached hydrogens (tertiary/aromatic N) is 4. The van der Waals surface area contributed by atoms with Crippen LogP contribution in [0.15, 0.2) is 60.8 Å². The van der Waals surface area contributed by atoms with E-state index in [0.717, 1.165) is 35.3 Å². The first-order valence-corrected chi connectivity index (χ1v) is 11.4. The zero-order valence-corrected chi connectivity index (χ0v) is 19.0. The molecule has 33 heavy (non-hydrogen) atoms. The average Bonchev–Trinajstić information content (AvgIpc) is 3.16. The van der Waals surface area contributed by atoms with Crippen molar-refractivity contribution in [2.24, 2.45) is 0 Å². The van der Waals surface area contributed by atoms with E-state index in [9.17, 15) is 9.59 Å². The summed E-state index contributed by atoms with van der Waals surface area (Å²) in [6.07, 6.45) is 2.85. The Morgan fingerprint density at radius 3 is 2.70 bits per heavy atom. The smallest absolute Gasteiger partial charge is 0.321 e. The SMILES string of the molecule is CC(=O)c1cccc(NC(=O)N2CCCN(c3nc4cc(Cl)ccc4n4cccc34)CC2)c1. The Morgan fingerprint density at radius 1 is 0.970 bits per heavy atom. The maximum Gasteiger partial charge on any atom is 0.321 e. The number of aromatic nitrogens is 2. The molecule has 0 spiro atoms. The van der Waals surface area contributed by atoms with Crippen LogP contribution in [0.25, 0.3) is 16.6 Å². The third-order valence-corrected chi connectivity index (χ3v) is 6.24. The van der Waals surface area contributed by atoms with E-state index in [1.54, 1.807) is 24.3 Å². The quantitative estimate of drug-likeness (QED) is 0.431. The van der Waals surface area contributed by atoms with Gasteiger partial charge >= 0.3 is 6.03 Å². The highest BCUT2D eigenvalue weighted by Crippen LogP contribution is 2.28. The van der Waals surface area contributed by atoms with Crippen LogP contribution < -0.4 is 10.2 Å². The molecule has 1 N–H and O–H groups in total. The molecule has 3 heterocycles. The van der Waals surface area contributed by atoms with Gasteiger partial charge in [-0.15, -0.1) is 0 Å². The van der Waals surface area contributed by atoms with Crippen molar-refractivity contribution in [2.75, 3.05) is 36.4 Å². The van der Waals surface area contributed by atoms with E-state index < -0.39 is 0 Å². The van der Waals surface area contributed by atoms with Crippen molar-refractivity contribution in [3.8, 4) is 0 Å². The molecule has 1 aliphatic rings. The number of urea groups is 1. The molecule has 5 rings (SSSR count). The van der Waals surface area contributed by atoms with Crippen LogP contribution in [0.3, 0.4) is 0 Å². The van der Waals surface area contributed by atoms with E-state index in [4.69, 9.17) is 16.6 Å². The molecular weight excluding hydrogens is 438 g/mol. The number of hydrogen-bond donors (Lipinski definition) is 1. The summed E-state index contributed by atoms with van der Waals surface area (Å²) in [5.41, 5.74) is 4.08. The number of amides is 2. The van der Waals surface area contributed by atoms with Gasteiger partial charge in [-0.3, -0.25) is 4.79 Å². The number of rotatable bonds is 3. The Morgan fingerprint density at radius 2 is 1.85 bits per heavy atom. The normalized spacial score (nSPS) is 14.5. The van der Waals surface area contributed by atoms with Gasteiger partial charge in [0.2, 0.25) is 0 Å². The summed E-state index contributed by atoms with van der Waals surface area (Å²) >= 11 is 6.22. The molecule has 168 valence electrons. The second-order valence-corrected chi connectivity index (χ2v) is 8.66. The average molecular weight is 462 g/mol. The maximum atomic E-state index is 12.9. The maximum absolute atomic E-state index is 12.9. The molecule has 4 aromatic rings. The summed E-state index contributed by atoms with van der Waals surface area (Å²) < 4.78 is 2.13. The molecule has 2 aromatic carbocycles. The number of halogens is 1. The van der Waals surface area contributed by atoms with Crippen LogP contribution in [0.4, 0.5) is 16.3 Å². The summed E-state index contributed by atoms with van der Waals surface area (Å²) in [4.78, 5) is 33.5. The van der Waals surface area contributed by atoms with E-state index in [-0.39, 0.29) is 11.8 Å². The minimum atomic E-state index is -0.163. The summed E-state index contributed by atoms with van der Waals surface area (Å²) in [5, 5.41) is 3.58. The number of benzene rings is 2. The molecule has 0 aliphatic carbocycles. The molecule has 1 fully saturated rings. The molecule has 0 bridgehead atoms. The van der Waals surface area contributed by atoms with E-state index in [0.29, 0.717) is 35.9 Å². The molecule has 0 unspecified atom stereocenters. The van der Waals surface area contributed by atoms with Gasteiger partial charge in [0, 0.05) is 48.6 Å². The van der Waals surface area contributed by atoms with Crippen LogP contribution in [-0.4, -0.2) is 52.3 Å². The highest BCUT2D eigenvalue weighted by Gasteiger charge is 2.22. The number of carbonyl (C=O) groups is 2. The van der Waals surface area contributed by atoms with Crippen molar-refractivity contribution in [1.29, 1.82) is 0 Å². The third kappa shape index (κ3) is 4.24. The molecule has 0 saturated carbocycles. The highest BCUT2D eigenvalue weighted by molar-refractivity contribution is 6.31. The molecule has 0 atom stereocenters. The number of hydrogen-bond acceptors (Lipinski definition) is 4. The Balaban J connectivity index is 1.36. The first-order valence-electron chi connectivity index (χ1n) is 11.0. The fourth-order valence-corrected chi connectivity index (χ4v) is 4.48. The lowest BCUT2D eigenvalue weighted by Gasteiger charge is -2.24. The molecule has 8 heteroatoms. The Bertz CT molecular complexity index is 1370. The second-order valence-electron chi connectivity index (χ2n) is 8.23. The minimum absolute atomic E-state index is 0.0302. The molecule has 1 aliphatic heterocycles. The van der Waals surface area contributed by atoms with Crippen LogP contribution in [0, 0.1) is 0 Å². The van der Waals surface area contributed by atoms with Crippen LogP contribution in [-0.2, 0) is 0 Å².